The normalized spacial score (nSPS) is 10.8. The van der Waals surface area contributed by atoms with Gasteiger partial charge in [0.2, 0.25) is 5.95 Å². The van der Waals surface area contributed by atoms with Crippen molar-refractivity contribution in [3.8, 4) is 27.5 Å². The van der Waals surface area contributed by atoms with Crippen LogP contribution >= 0.6 is 11.3 Å². The SMILES string of the molecule is c1csc(-c2nc(NCc3ccccc3-n3ccnc3)ncc2-c2cnccn2)c1. The summed E-state index contributed by atoms with van der Waals surface area (Å²) in [6.07, 6.45) is 12.3. The van der Waals surface area contributed by atoms with E-state index >= 15 is 0 Å². The first kappa shape index (κ1) is 18.1. The van der Waals surface area contributed by atoms with E-state index in [4.69, 9.17) is 4.98 Å². The van der Waals surface area contributed by atoms with Crippen LogP contribution < -0.4 is 5.32 Å². The highest BCUT2D eigenvalue weighted by atomic mass is 32.1. The van der Waals surface area contributed by atoms with Gasteiger partial charge in [-0.2, -0.15) is 0 Å². The first-order chi connectivity index (χ1) is 14.9. The minimum absolute atomic E-state index is 0.562. The van der Waals surface area contributed by atoms with E-state index in [9.17, 15) is 0 Å². The molecule has 7 nitrogen and oxygen atoms in total. The second kappa shape index (κ2) is 8.22. The number of anilines is 1. The number of rotatable bonds is 6. The number of nitrogens with zero attached hydrogens (tertiary/aromatic N) is 6. The van der Waals surface area contributed by atoms with Crippen LogP contribution in [0.2, 0.25) is 0 Å². The van der Waals surface area contributed by atoms with E-state index in [1.165, 1.54) is 0 Å². The lowest BCUT2D eigenvalue weighted by Gasteiger charge is -2.13. The summed E-state index contributed by atoms with van der Waals surface area (Å²) in [7, 11) is 0. The molecule has 0 atom stereocenters. The molecule has 0 saturated carbocycles. The molecule has 5 aromatic rings. The number of thiophene rings is 1. The van der Waals surface area contributed by atoms with Crippen molar-refractivity contribution in [2.24, 2.45) is 0 Å². The zero-order valence-corrected chi connectivity index (χ0v) is 16.7. The molecule has 4 aromatic heterocycles. The van der Waals surface area contributed by atoms with Gasteiger partial charge in [0, 0.05) is 43.1 Å². The van der Waals surface area contributed by atoms with E-state index < -0.39 is 0 Å². The summed E-state index contributed by atoms with van der Waals surface area (Å²) in [5.74, 6) is 0.562. The molecule has 30 heavy (non-hydrogen) atoms. The van der Waals surface area contributed by atoms with Crippen LogP contribution in [-0.4, -0.2) is 29.5 Å². The summed E-state index contributed by atoms with van der Waals surface area (Å²) in [5, 5.41) is 5.39. The minimum atomic E-state index is 0.562. The first-order valence-corrected chi connectivity index (χ1v) is 10.2. The molecule has 4 heterocycles. The maximum absolute atomic E-state index is 4.80. The molecule has 0 fully saturated rings. The number of hydrogen-bond donors (Lipinski definition) is 1. The van der Waals surface area contributed by atoms with Gasteiger partial charge in [-0.1, -0.05) is 24.3 Å². The van der Waals surface area contributed by atoms with E-state index in [0.717, 1.165) is 33.1 Å². The van der Waals surface area contributed by atoms with Crippen LogP contribution in [0.25, 0.3) is 27.5 Å². The molecule has 1 aromatic carbocycles. The summed E-state index contributed by atoms with van der Waals surface area (Å²) in [6.45, 7) is 0.586. The Labute approximate surface area is 177 Å². The predicted octanol–water partition coefficient (Wildman–Crippen LogP) is 4.46. The van der Waals surface area contributed by atoms with Crippen molar-refractivity contribution in [1.82, 2.24) is 29.5 Å². The fourth-order valence-electron chi connectivity index (χ4n) is 3.18. The van der Waals surface area contributed by atoms with E-state index in [1.54, 1.807) is 48.6 Å². The average Bonchev–Trinajstić information content (AvgIpc) is 3.53. The fraction of sp³-hybridized carbons (Fsp3) is 0.0455. The molecule has 8 heteroatoms. The van der Waals surface area contributed by atoms with Gasteiger partial charge in [-0.3, -0.25) is 9.97 Å². The molecule has 5 rings (SSSR count). The summed E-state index contributed by atoms with van der Waals surface area (Å²) in [6, 6.07) is 12.2. The molecule has 0 unspecified atom stereocenters. The molecule has 146 valence electrons. The van der Waals surface area contributed by atoms with Crippen LogP contribution in [-0.2, 0) is 6.54 Å². The van der Waals surface area contributed by atoms with Gasteiger partial charge in [0.25, 0.3) is 0 Å². The van der Waals surface area contributed by atoms with Crippen LogP contribution in [0.15, 0.2) is 85.3 Å². The average molecular weight is 411 g/mol. The topological polar surface area (TPSA) is 81.4 Å². The Bertz CT molecular complexity index is 1240. The molecule has 0 saturated heterocycles. The van der Waals surface area contributed by atoms with Crippen molar-refractivity contribution in [1.29, 1.82) is 0 Å². The van der Waals surface area contributed by atoms with Gasteiger partial charge in [0.1, 0.15) is 0 Å². The van der Waals surface area contributed by atoms with Crippen molar-refractivity contribution in [2.75, 3.05) is 5.32 Å². The van der Waals surface area contributed by atoms with Crippen molar-refractivity contribution in [3.05, 3.63) is 90.9 Å². The second-order valence-corrected chi connectivity index (χ2v) is 7.42. The highest BCUT2D eigenvalue weighted by molar-refractivity contribution is 7.13. The van der Waals surface area contributed by atoms with Gasteiger partial charge >= 0.3 is 0 Å². The summed E-state index contributed by atoms with van der Waals surface area (Å²) >= 11 is 1.63. The molecule has 0 amide bonds. The highest BCUT2D eigenvalue weighted by Gasteiger charge is 2.14. The Balaban J connectivity index is 1.46. The molecule has 0 spiro atoms. The summed E-state index contributed by atoms with van der Waals surface area (Å²) in [5.41, 5.74) is 4.63. The lowest BCUT2D eigenvalue weighted by atomic mass is 10.1. The van der Waals surface area contributed by atoms with E-state index in [2.05, 4.69) is 37.4 Å². The lowest BCUT2D eigenvalue weighted by Crippen LogP contribution is -2.07. The monoisotopic (exact) mass is 411 g/mol. The number of benzene rings is 1. The Morgan fingerprint density at radius 1 is 0.933 bits per heavy atom. The third-order valence-corrected chi connectivity index (χ3v) is 5.47. The van der Waals surface area contributed by atoms with E-state index in [0.29, 0.717) is 12.5 Å². The number of imidazole rings is 1. The maximum Gasteiger partial charge on any atom is 0.223 e. The van der Waals surface area contributed by atoms with Gasteiger partial charge < -0.3 is 9.88 Å². The van der Waals surface area contributed by atoms with E-state index in [-0.39, 0.29) is 0 Å². The van der Waals surface area contributed by atoms with Crippen molar-refractivity contribution < 1.29 is 0 Å². The lowest BCUT2D eigenvalue weighted by molar-refractivity contribution is 0.991. The zero-order valence-electron chi connectivity index (χ0n) is 15.9. The van der Waals surface area contributed by atoms with Crippen molar-refractivity contribution in [3.63, 3.8) is 0 Å². The van der Waals surface area contributed by atoms with Gasteiger partial charge in [0.15, 0.2) is 0 Å². The standard InChI is InChI=1S/C22H17N7S/c1-2-5-19(29-10-9-24-15-29)16(4-1)12-26-22-27-13-17(18-14-23-7-8-25-18)21(28-22)20-6-3-11-30-20/h1-11,13-15H,12H2,(H,26,27,28). The molecule has 0 aliphatic carbocycles. The molecule has 0 radical (unpaired) electrons. The Morgan fingerprint density at radius 2 is 1.90 bits per heavy atom. The first-order valence-electron chi connectivity index (χ1n) is 9.36. The predicted molar refractivity (Wildman–Crippen MR) is 117 cm³/mol. The number of para-hydroxylation sites is 1. The van der Waals surface area contributed by atoms with Crippen molar-refractivity contribution in [2.45, 2.75) is 6.54 Å². The number of nitrogens with one attached hydrogen (secondary N) is 1. The van der Waals surface area contributed by atoms with Crippen LogP contribution in [0.1, 0.15) is 5.56 Å². The largest absolute Gasteiger partial charge is 0.350 e. The molecular formula is C22H17N7S. The van der Waals surface area contributed by atoms with Crippen LogP contribution in [0, 0.1) is 0 Å². The molecule has 1 N–H and O–H groups in total. The van der Waals surface area contributed by atoms with Gasteiger partial charge in [0.05, 0.1) is 34.5 Å². The summed E-state index contributed by atoms with van der Waals surface area (Å²) < 4.78 is 1.99. The third kappa shape index (κ3) is 3.68. The summed E-state index contributed by atoms with van der Waals surface area (Å²) in [4.78, 5) is 23.1. The van der Waals surface area contributed by atoms with Crippen LogP contribution in [0.5, 0.6) is 0 Å². The Hall–Kier alpha value is -3.91. The second-order valence-electron chi connectivity index (χ2n) is 6.48. The van der Waals surface area contributed by atoms with Crippen molar-refractivity contribution >= 4 is 17.3 Å². The molecule has 0 aliphatic rings. The van der Waals surface area contributed by atoms with Crippen LogP contribution in [0.4, 0.5) is 5.95 Å². The smallest absolute Gasteiger partial charge is 0.223 e. The Morgan fingerprint density at radius 3 is 2.70 bits per heavy atom. The maximum atomic E-state index is 4.80. The van der Waals surface area contributed by atoms with Gasteiger partial charge in [-0.05, 0) is 23.1 Å². The van der Waals surface area contributed by atoms with Gasteiger partial charge in [-0.25, -0.2) is 15.0 Å². The molecular weight excluding hydrogens is 394 g/mol. The zero-order chi connectivity index (χ0) is 20.2. The molecule has 0 aliphatic heterocycles. The van der Waals surface area contributed by atoms with E-state index in [1.807, 2.05) is 40.4 Å². The Kier molecular flexibility index (Phi) is 4.97. The fourth-order valence-corrected chi connectivity index (χ4v) is 3.91. The highest BCUT2D eigenvalue weighted by Crippen LogP contribution is 2.32. The number of aromatic nitrogens is 6. The van der Waals surface area contributed by atoms with Gasteiger partial charge in [-0.15, -0.1) is 11.3 Å². The van der Waals surface area contributed by atoms with Crippen LogP contribution in [0.3, 0.4) is 0 Å². The number of hydrogen-bond acceptors (Lipinski definition) is 7. The molecule has 0 bridgehead atoms. The third-order valence-electron chi connectivity index (χ3n) is 4.59. The quantitative estimate of drug-likeness (QED) is 0.444. The minimum Gasteiger partial charge on any atom is -0.350 e.